The molecule has 8 heteroatoms. The summed E-state index contributed by atoms with van der Waals surface area (Å²) in [6.45, 7) is 6.33. The van der Waals surface area contributed by atoms with Crippen LogP contribution in [0.2, 0.25) is 5.04 Å². The minimum Gasteiger partial charge on any atom is -0.507 e. The van der Waals surface area contributed by atoms with Gasteiger partial charge < -0.3 is 19.7 Å². The summed E-state index contributed by atoms with van der Waals surface area (Å²) in [7, 11) is -3.08. The van der Waals surface area contributed by atoms with Crippen molar-refractivity contribution in [2.45, 2.75) is 51.2 Å². The zero-order valence-corrected chi connectivity index (χ0v) is 35.9. The molecule has 1 heterocycles. The molecule has 0 saturated carbocycles. The molecule has 2 amide bonds. The Hall–Kier alpha value is -5.90. The van der Waals surface area contributed by atoms with E-state index in [1.165, 1.54) is 4.90 Å². The van der Waals surface area contributed by atoms with Crippen LogP contribution >= 0.6 is 0 Å². The Labute approximate surface area is 359 Å². The van der Waals surface area contributed by atoms with Crippen molar-refractivity contribution < 1.29 is 29.3 Å². The molecule has 4 atom stereocenters. The van der Waals surface area contributed by atoms with E-state index in [1.54, 1.807) is 30.3 Å². The second kappa shape index (κ2) is 17.6. The number of amides is 2. The number of carbonyl (C=O) groups is 2. The molecular formula is C53H53NO6Si. The quantitative estimate of drug-likeness (QED) is 0.0465. The maximum absolute atomic E-state index is 14.4. The lowest BCUT2D eigenvalue weighted by Crippen LogP contribution is -2.66. The Morgan fingerprint density at radius 1 is 0.754 bits per heavy atom. The van der Waals surface area contributed by atoms with Gasteiger partial charge in [-0.1, -0.05) is 166 Å². The van der Waals surface area contributed by atoms with Crippen LogP contribution in [0.4, 0.5) is 5.69 Å². The number of phenolic OH excluding ortho intramolecular Hbond substituents is 1. The second-order valence-electron chi connectivity index (χ2n) is 17.3. The van der Waals surface area contributed by atoms with Crippen LogP contribution < -0.4 is 15.3 Å². The minimum absolute atomic E-state index is 0.118. The number of rotatable bonds is 13. The van der Waals surface area contributed by atoms with Gasteiger partial charge in [-0.05, 0) is 86.1 Å². The fourth-order valence-electron chi connectivity index (χ4n) is 9.90. The molecule has 0 radical (unpaired) electrons. The molecule has 1 saturated heterocycles. The number of hydrogen-bond donors (Lipinski definition) is 3. The summed E-state index contributed by atoms with van der Waals surface area (Å²) in [4.78, 5) is 30.1. The van der Waals surface area contributed by atoms with Crippen LogP contribution in [-0.2, 0) is 14.0 Å². The number of benzene rings is 6. The third-order valence-corrected chi connectivity index (χ3v) is 17.7. The molecule has 310 valence electrons. The molecule has 0 unspecified atom stereocenters. The number of para-hydroxylation sites is 1. The fourth-order valence-corrected chi connectivity index (χ4v) is 14.4. The number of anilines is 1. The summed E-state index contributed by atoms with van der Waals surface area (Å²) in [5, 5.41) is 38.1. The highest BCUT2D eigenvalue weighted by Crippen LogP contribution is 2.48. The molecule has 0 aromatic heterocycles. The summed E-state index contributed by atoms with van der Waals surface area (Å²) >= 11 is 0. The van der Waals surface area contributed by atoms with Gasteiger partial charge in [-0.3, -0.25) is 14.5 Å². The number of phenols is 1. The Morgan fingerprint density at radius 2 is 1.31 bits per heavy atom. The van der Waals surface area contributed by atoms with Crippen LogP contribution in [0.25, 0.3) is 22.4 Å². The molecule has 7 nitrogen and oxygen atoms in total. The number of hydrogen-bond acceptors (Lipinski definition) is 6. The monoisotopic (exact) mass is 827 g/mol. The van der Waals surface area contributed by atoms with Crippen molar-refractivity contribution in [3.8, 4) is 5.75 Å². The van der Waals surface area contributed by atoms with Crippen LogP contribution in [0.15, 0.2) is 169 Å². The van der Waals surface area contributed by atoms with E-state index < -0.39 is 38.8 Å². The summed E-state index contributed by atoms with van der Waals surface area (Å²) in [6, 6.07) is 51.0. The number of carbonyl (C=O) groups excluding carboxylic acids is 2. The van der Waals surface area contributed by atoms with Gasteiger partial charge in [-0.2, -0.15) is 0 Å². The Kier molecular flexibility index (Phi) is 12.1. The van der Waals surface area contributed by atoms with Gasteiger partial charge in [-0.25, -0.2) is 0 Å². The van der Waals surface area contributed by atoms with Crippen LogP contribution in [-0.4, -0.2) is 54.8 Å². The molecule has 1 aliphatic heterocycles. The minimum atomic E-state index is -3.08. The van der Waals surface area contributed by atoms with E-state index in [-0.39, 0.29) is 42.1 Å². The molecular weight excluding hydrogens is 775 g/mol. The molecule has 6 aromatic carbocycles. The van der Waals surface area contributed by atoms with E-state index in [1.807, 2.05) is 103 Å². The summed E-state index contributed by atoms with van der Waals surface area (Å²) in [6.07, 6.45) is 2.02. The molecule has 8 rings (SSSR count). The smallest absolute Gasteiger partial charge is 0.261 e. The van der Waals surface area contributed by atoms with Gasteiger partial charge in [0.25, 0.3) is 8.32 Å². The van der Waals surface area contributed by atoms with E-state index in [4.69, 9.17) is 4.43 Å². The van der Waals surface area contributed by atoms with E-state index >= 15 is 0 Å². The van der Waals surface area contributed by atoms with Gasteiger partial charge >= 0.3 is 0 Å². The fraction of sp³-hybridized carbons (Fsp3) is 0.245. The maximum atomic E-state index is 14.4. The summed E-state index contributed by atoms with van der Waals surface area (Å²) in [5.74, 6) is -2.82. The lowest BCUT2D eigenvalue weighted by Gasteiger charge is -2.44. The van der Waals surface area contributed by atoms with E-state index in [0.717, 1.165) is 43.4 Å². The van der Waals surface area contributed by atoms with Crippen molar-refractivity contribution in [2.75, 3.05) is 18.1 Å². The lowest BCUT2D eigenvalue weighted by molar-refractivity contribution is -0.123. The van der Waals surface area contributed by atoms with Crippen LogP contribution in [0.5, 0.6) is 5.75 Å². The topological polar surface area (TPSA) is 107 Å². The summed E-state index contributed by atoms with van der Waals surface area (Å²) in [5.41, 5.74) is 4.75. The van der Waals surface area contributed by atoms with Gasteiger partial charge in [0, 0.05) is 11.3 Å². The van der Waals surface area contributed by atoms with Gasteiger partial charge in [0.15, 0.2) is 0 Å². The third-order valence-electron chi connectivity index (χ3n) is 12.7. The predicted molar refractivity (Wildman–Crippen MR) is 247 cm³/mol. The number of allylic oxidation sites excluding steroid dienone is 1. The normalized spacial score (nSPS) is 19.1. The van der Waals surface area contributed by atoms with E-state index in [9.17, 15) is 24.9 Å². The Bertz CT molecular complexity index is 2530. The molecule has 1 fully saturated rings. The van der Waals surface area contributed by atoms with Crippen LogP contribution in [0.3, 0.4) is 0 Å². The molecule has 2 aliphatic rings. The highest BCUT2D eigenvalue weighted by Gasteiger charge is 2.56. The second-order valence-corrected chi connectivity index (χ2v) is 21.6. The molecule has 1 aliphatic carbocycles. The van der Waals surface area contributed by atoms with Crippen molar-refractivity contribution in [1.29, 1.82) is 0 Å². The summed E-state index contributed by atoms with van der Waals surface area (Å²) < 4.78 is 7.47. The average Bonchev–Trinajstić information content (AvgIpc) is 3.54. The largest absolute Gasteiger partial charge is 0.507 e. The number of nitrogens with zero attached hydrogens (tertiary/aromatic N) is 1. The first-order chi connectivity index (χ1) is 29.5. The highest BCUT2D eigenvalue weighted by molar-refractivity contribution is 6.99. The van der Waals surface area contributed by atoms with Crippen LogP contribution in [0.1, 0.15) is 51.2 Å². The number of fused-ring (bicyclic) bond motifs is 2. The SMILES string of the molecule is CC(C)(C)[Si](OCC1=C([C@H](O)CC/C(=C/c2ccc(O)c3ccccc23)c2ccccc2)[C@H](CO)[C@@H]2C(=O)N(c3ccccc3)C(=O)[C@@H]2C1)(c1ccccc1)c1ccccc1. The Morgan fingerprint density at radius 3 is 1.90 bits per heavy atom. The average molecular weight is 828 g/mol. The molecule has 0 bridgehead atoms. The van der Waals surface area contributed by atoms with Crippen molar-refractivity contribution in [3.05, 3.63) is 180 Å². The first-order valence-electron chi connectivity index (χ1n) is 21.2. The van der Waals surface area contributed by atoms with Gasteiger partial charge in [0.1, 0.15) is 5.75 Å². The van der Waals surface area contributed by atoms with Crippen molar-refractivity contribution in [1.82, 2.24) is 0 Å². The third kappa shape index (κ3) is 7.93. The van der Waals surface area contributed by atoms with E-state index in [0.29, 0.717) is 17.7 Å². The number of aliphatic hydroxyl groups excluding tert-OH is 2. The molecule has 6 aromatic rings. The maximum Gasteiger partial charge on any atom is 0.261 e. The van der Waals surface area contributed by atoms with Crippen LogP contribution in [0, 0.1) is 17.8 Å². The first kappa shape index (κ1) is 41.8. The molecule has 3 N–H and O–H groups in total. The lowest BCUT2D eigenvalue weighted by atomic mass is 9.68. The number of aromatic hydroxyl groups is 1. The first-order valence-corrected chi connectivity index (χ1v) is 23.1. The highest BCUT2D eigenvalue weighted by atomic mass is 28.4. The van der Waals surface area contributed by atoms with Gasteiger partial charge in [0.2, 0.25) is 11.8 Å². The standard InChI is InChI=1S/C53H53NO6Si/c1-53(2,3)61(41-22-12-6-13-23-41,42-24-14-7-15-25-42)60-35-39-33-45-50(52(59)54(51(45)58)40-20-10-5-11-21-40)46(34-55)49(39)48(57)31-28-37(36-18-8-4-9-19-36)32-38-29-30-47(56)44-27-17-16-26-43(38)44/h4-27,29-30,32,45-46,48,50,55-57H,28,31,33-35H2,1-3H3/b37-32-/t45-,46+,48-,50-/m1/s1. The van der Waals surface area contributed by atoms with E-state index in [2.05, 4.69) is 51.1 Å². The molecule has 0 spiro atoms. The number of imide groups is 1. The predicted octanol–water partition coefficient (Wildman–Crippen LogP) is 8.92. The van der Waals surface area contributed by atoms with Crippen molar-refractivity contribution in [2.24, 2.45) is 17.8 Å². The zero-order chi connectivity index (χ0) is 42.7. The molecule has 61 heavy (non-hydrogen) atoms. The zero-order valence-electron chi connectivity index (χ0n) is 34.9. The van der Waals surface area contributed by atoms with Gasteiger partial charge in [0.05, 0.1) is 36.8 Å². The van der Waals surface area contributed by atoms with Crippen molar-refractivity contribution >= 4 is 58.6 Å². The van der Waals surface area contributed by atoms with Gasteiger partial charge in [-0.15, -0.1) is 0 Å². The number of aliphatic hydroxyl groups is 2. The Balaban J connectivity index is 1.22. The van der Waals surface area contributed by atoms with Crippen molar-refractivity contribution in [3.63, 3.8) is 0 Å².